The highest BCUT2D eigenvalue weighted by Gasteiger charge is 2.27. The van der Waals surface area contributed by atoms with Crippen LogP contribution in [-0.4, -0.2) is 28.6 Å². The van der Waals surface area contributed by atoms with Crippen molar-refractivity contribution in [1.82, 2.24) is 10.2 Å². The zero-order valence-corrected chi connectivity index (χ0v) is 20.1. The lowest BCUT2D eigenvalue weighted by Gasteiger charge is -2.21. The first-order valence-corrected chi connectivity index (χ1v) is 12.5. The van der Waals surface area contributed by atoms with Gasteiger partial charge in [-0.3, -0.25) is 14.7 Å². The Morgan fingerprint density at radius 3 is 2.53 bits per heavy atom. The number of rotatable bonds is 4. The van der Waals surface area contributed by atoms with Crippen molar-refractivity contribution in [1.29, 1.82) is 0 Å². The SMILES string of the molecule is O=C(Nc1ccc(C(=O)N2CCc3cn[nH]c3-c3sccc32)cc1)c1ccccc1-c1ccccc1. The van der Waals surface area contributed by atoms with Gasteiger partial charge >= 0.3 is 0 Å². The van der Waals surface area contributed by atoms with Gasteiger partial charge in [-0.15, -0.1) is 11.3 Å². The minimum absolute atomic E-state index is 0.0694. The van der Waals surface area contributed by atoms with E-state index in [-0.39, 0.29) is 11.8 Å². The van der Waals surface area contributed by atoms with E-state index < -0.39 is 0 Å². The van der Waals surface area contributed by atoms with E-state index >= 15 is 0 Å². The van der Waals surface area contributed by atoms with Crippen LogP contribution in [0.4, 0.5) is 11.4 Å². The largest absolute Gasteiger partial charge is 0.322 e. The Bertz CT molecular complexity index is 1550. The van der Waals surface area contributed by atoms with Crippen molar-refractivity contribution in [3.05, 3.63) is 113 Å². The number of fused-ring (bicyclic) bond motifs is 3. The molecule has 176 valence electrons. The number of nitrogens with zero attached hydrogens (tertiary/aromatic N) is 2. The lowest BCUT2D eigenvalue weighted by atomic mass is 9.99. The number of carbonyl (C=O) groups excluding carboxylic acids is 2. The Kier molecular flexibility index (Phi) is 5.67. The molecule has 0 saturated heterocycles. The lowest BCUT2D eigenvalue weighted by molar-refractivity contribution is 0.0986. The van der Waals surface area contributed by atoms with Gasteiger partial charge in [-0.05, 0) is 59.3 Å². The number of nitrogens with one attached hydrogen (secondary N) is 2. The molecule has 0 aliphatic carbocycles. The number of benzene rings is 3. The molecule has 0 bridgehead atoms. The number of hydrogen-bond donors (Lipinski definition) is 2. The summed E-state index contributed by atoms with van der Waals surface area (Å²) in [6.07, 6.45) is 2.56. The molecule has 0 radical (unpaired) electrons. The van der Waals surface area contributed by atoms with Crippen molar-refractivity contribution >= 4 is 34.5 Å². The number of hydrogen-bond acceptors (Lipinski definition) is 4. The molecule has 3 aromatic carbocycles. The summed E-state index contributed by atoms with van der Waals surface area (Å²) in [7, 11) is 0. The van der Waals surface area contributed by atoms with E-state index in [4.69, 9.17) is 0 Å². The molecule has 0 spiro atoms. The van der Waals surface area contributed by atoms with Crippen LogP contribution < -0.4 is 10.2 Å². The van der Waals surface area contributed by atoms with Crippen LogP contribution >= 0.6 is 11.3 Å². The summed E-state index contributed by atoms with van der Waals surface area (Å²) in [5, 5.41) is 12.2. The Balaban J connectivity index is 1.21. The van der Waals surface area contributed by atoms with Gasteiger partial charge in [0, 0.05) is 28.9 Å². The minimum atomic E-state index is -0.196. The first-order valence-electron chi connectivity index (χ1n) is 11.7. The second-order valence-electron chi connectivity index (χ2n) is 8.56. The molecule has 1 aliphatic heterocycles. The highest BCUT2D eigenvalue weighted by Crippen LogP contribution is 2.40. The molecule has 3 heterocycles. The summed E-state index contributed by atoms with van der Waals surface area (Å²) in [6.45, 7) is 0.573. The van der Waals surface area contributed by atoms with Crippen molar-refractivity contribution in [2.24, 2.45) is 0 Å². The summed E-state index contributed by atoms with van der Waals surface area (Å²) in [4.78, 5) is 29.4. The van der Waals surface area contributed by atoms with Crippen LogP contribution in [0.1, 0.15) is 26.3 Å². The fourth-order valence-electron chi connectivity index (χ4n) is 4.56. The summed E-state index contributed by atoms with van der Waals surface area (Å²) in [5.74, 6) is -0.265. The molecule has 2 amide bonds. The first-order chi connectivity index (χ1) is 17.7. The third-order valence-corrected chi connectivity index (χ3v) is 7.30. The average molecular weight is 491 g/mol. The van der Waals surface area contributed by atoms with Gasteiger partial charge in [-0.25, -0.2) is 0 Å². The molecular formula is C29H22N4O2S. The quantitative estimate of drug-likeness (QED) is 0.312. The minimum Gasteiger partial charge on any atom is -0.322 e. The average Bonchev–Trinajstić information content (AvgIpc) is 3.57. The number of aromatic nitrogens is 2. The molecule has 2 aromatic heterocycles. The molecule has 6 nitrogen and oxygen atoms in total. The topological polar surface area (TPSA) is 78.1 Å². The maximum Gasteiger partial charge on any atom is 0.258 e. The molecule has 1 aliphatic rings. The molecule has 6 rings (SSSR count). The van der Waals surface area contributed by atoms with Crippen LogP contribution in [0, 0.1) is 0 Å². The second kappa shape index (κ2) is 9.28. The smallest absolute Gasteiger partial charge is 0.258 e. The van der Waals surface area contributed by atoms with Gasteiger partial charge in [0.2, 0.25) is 0 Å². The molecule has 0 unspecified atom stereocenters. The molecule has 7 heteroatoms. The fraction of sp³-hybridized carbons (Fsp3) is 0.0690. The van der Waals surface area contributed by atoms with E-state index in [0.717, 1.165) is 39.4 Å². The van der Waals surface area contributed by atoms with Crippen molar-refractivity contribution < 1.29 is 9.59 Å². The van der Waals surface area contributed by atoms with Crippen molar-refractivity contribution in [2.75, 3.05) is 16.8 Å². The Morgan fingerprint density at radius 2 is 1.69 bits per heavy atom. The Hall–Kier alpha value is -4.49. The second-order valence-corrected chi connectivity index (χ2v) is 9.47. The highest BCUT2D eigenvalue weighted by molar-refractivity contribution is 7.14. The van der Waals surface area contributed by atoms with Crippen LogP contribution in [0.15, 0.2) is 96.5 Å². The zero-order valence-electron chi connectivity index (χ0n) is 19.3. The lowest BCUT2D eigenvalue weighted by Crippen LogP contribution is -2.32. The van der Waals surface area contributed by atoms with Crippen LogP contribution in [0.2, 0.25) is 0 Å². The normalized spacial score (nSPS) is 12.4. The van der Waals surface area contributed by atoms with Gasteiger partial charge in [0.1, 0.15) is 0 Å². The van der Waals surface area contributed by atoms with Crippen LogP contribution in [0.25, 0.3) is 21.7 Å². The predicted octanol–water partition coefficient (Wildman–Crippen LogP) is 6.26. The standard InChI is InChI=1S/C29H22N4O2S/c34-28(24-9-5-4-8-23(24)19-6-2-1-3-7-19)31-22-12-10-20(11-13-22)29(35)33-16-14-21-18-30-32-26(21)27-25(33)15-17-36-27/h1-13,15,17-18H,14,16H2,(H,30,32)(H,31,34). The molecule has 0 fully saturated rings. The molecule has 2 N–H and O–H groups in total. The van der Waals surface area contributed by atoms with E-state index in [1.807, 2.05) is 77.1 Å². The number of carbonyl (C=O) groups is 2. The number of anilines is 2. The maximum absolute atomic E-state index is 13.5. The van der Waals surface area contributed by atoms with Crippen LogP contribution in [0.3, 0.4) is 0 Å². The summed E-state index contributed by atoms with van der Waals surface area (Å²) >= 11 is 1.60. The van der Waals surface area contributed by atoms with E-state index in [1.165, 1.54) is 0 Å². The van der Waals surface area contributed by atoms with Gasteiger partial charge in [0.15, 0.2) is 0 Å². The van der Waals surface area contributed by atoms with Crippen LogP contribution in [-0.2, 0) is 6.42 Å². The third-order valence-electron chi connectivity index (χ3n) is 6.38. The number of thiophene rings is 1. The van der Waals surface area contributed by atoms with Gasteiger partial charge in [-0.1, -0.05) is 48.5 Å². The highest BCUT2D eigenvalue weighted by atomic mass is 32.1. The fourth-order valence-corrected chi connectivity index (χ4v) is 5.49. The van der Waals surface area contributed by atoms with E-state index in [9.17, 15) is 9.59 Å². The summed E-state index contributed by atoms with van der Waals surface area (Å²) in [6, 6.07) is 26.4. The number of H-pyrrole nitrogens is 1. The van der Waals surface area contributed by atoms with Gasteiger partial charge in [0.05, 0.1) is 22.5 Å². The number of aromatic amines is 1. The Labute approximate surface area is 212 Å². The summed E-state index contributed by atoms with van der Waals surface area (Å²) in [5.41, 5.74) is 6.64. The van der Waals surface area contributed by atoms with Gasteiger partial charge in [-0.2, -0.15) is 5.10 Å². The van der Waals surface area contributed by atoms with Gasteiger partial charge < -0.3 is 10.2 Å². The van der Waals surface area contributed by atoms with E-state index in [0.29, 0.717) is 23.4 Å². The van der Waals surface area contributed by atoms with Gasteiger partial charge in [0.25, 0.3) is 11.8 Å². The summed E-state index contributed by atoms with van der Waals surface area (Å²) < 4.78 is 0. The van der Waals surface area contributed by atoms with Crippen molar-refractivity contribution in [3.8, 4) is 21.7 Å². The molecule has 0 atom stereocenters. The Morgan fingerprint density at radius 1 is 0.917 bits per heavy atom. The molecular weight excluding hydrogens is 468 g/mol. The molecule has 0 saturated carbocycles. The van der Waals surface area contributed by atoms with Crippen molar-refractivity contribution in [3.63, 3.8) is 0 Å². The van der Waals surface area contributed by atoms with Crippen LogP contribution in [0.5, 0.6) is 0 Å². The van der Waals surface area contributed by atoms with E-state index in [2.05, 4.69) is 15.5 Å². The monoisotopic (exact) mass is 490 g/mol. The zero-order chi connectivity index (χ0) is 24.5. The number of amides is 2. The third kappa shape index (κ3) is 3.99. The first kappa shape index (κ1) is 22.0. The molecule has 36 heavy (non-hydrogen) atoms. The van der Waals surface area contributed by atoms with E-state index in [1.54, 1.807) is 35.6 Å². The van der Waals surface area contributed by atoms with Crippen molar-refractivity contribution in [2.45, 2.75) is 6.42 Å². The molecule has 5 aromatic rings. The maximum atomic E-state index is 13.5. The predicted molar refractivity (Wildman–Crippen MR) is 144 cm³/mol.